The first-order chi connectivity index (χ1) is 7.85. The molecule has 0 aromatic heterocycles. The number of aliphatic hydroxyl groups is 1. The fourth-order valence-electron chi connectivity index (χ4n) is 1.55. The first-order valence-electron chi connectivity index (χ1n) is 6.14. The van der Waals surface area contributed by atoms with Gasteiger partial charge in [-0.2, -0.15) is 0 Å². The van der Waals surface area contributed by atoms with Crippen LogP contribution in [0.3, 0.4) is 0 Å². The van der Waals surface area contributed by atoms with Crippen molar-refractivity contribution in [3.05, 3.63) is 0 Å². The number of nitrogens with two attached hydrogens (primary N) is 1. The summed E-state index contributed by atoms with van der Waals surface area (Å²) < 4.78 is 0. The van der Waals surface area contributed by atoms with Gasteiger partial charge < -0.3 is 20.9 Å². The van der Waals surface area contributed by atoms with Crippen molar-refractivity contribution in [1.29, 1.82) is 0 Å². The highest BCUT2D eigenvalue weighted by atomic mass is 16.4. The quantitative estimate of drug-likeness (QED) is 0.197. The van der Waals surface area contributed by atoms with Crippen molar-refractivity contribution in [2.24, 2.45) is 16.3 Å². The number of amidine groups is 1. The van der Waals surface area contributed by atoms with E-state index >= 15 is 0 Å². The summed E-state index contributed by atoms with van der Waals surface area (Å²) in [5.74, 6) is 0.287. The number of hydrogen-bond donors (Lipinski definition) is 3. The van der Waals surface area contributed by atoms with Crippen LogP contribution in [0, 0.1) is 5.41 Å². The second kappa shape index (κ2) is 7.50. The molecule has 0 heterocycles. The van der Waals surface area contributed by atoms with Crippen LogP contribution in [-0.4, -0.2) is 47.3 Å². The summed E-state index contributed by atoms with van der Waals surface area (Å²) in [4.78, 5) is 2.14. The molecule has 17 heavy (non-hydrogen) atoms. The number of unbranched alkanes of at least 4 members (excludes halogenated alkanes) is 1. The minimum Gasteiger partial charge on any atom is -0.409 e. The van der Waals surface area contributed by atoms with E-state index in [1.807, 2.05) is 27.8 Å². The minimum absolute atomic E-state index is 0.187. The maximum absolute atomic E-state index is 8.99. The third kappa shape index (κ3) is 5.89. The number of nitrogens with zero attached hydrogens (tertiary/aromatic N) is 2. The van der Waals surface area contributed by atoms with E-state index in [0.717, 1.165) is 25.8 Å². The fourth-order valence-corrected chi connectivity index (χ4v) is 1.55. The molecule has 0 saturated carbocycles. The molecule has 0 aromatic rings. The van der Waals surface area contributed by atoms with Crippen molar-refractivity contribution in [3.8, 4) is 0 Å². The molecule has 0 radical (unpaired) electrons. The summed E-state index contributed by atoms with van der Waals surface area (Å²) in [6.07, 6.45) is 2.96. The molecule has 0 aliphatic heterocycles. The molecule has 0 fully saturated rings. The monoisotopic (exact) mass is 245 g/mol. The van der Waals surface area contributed by atoms with Gasteiger partial charge >= 0.3 is 0 Å². The van der Waals surface area contributed by atoms with Crippen molar-refractivity contribution in [3.63, 3.8) is 0 Å². The molecular weight excluding hydrogens is 218 g/mol. The molecule has 1 unspecified atom stereocenters. The maximum atomic E-state index is 8.99. The Kier molecular flexibility index (Phi) is 7.15. The van der Waals surface area contributed by atoms with Crippen LogP contribution < -0.4 is 5.73 Å². The van der Waals surface area contributed by atoms with E-state index in [1.165, 1.54) is 0 Å². The number of rotatable bonds is 8. The summed E-state index contributed by atoms with van der Waals surface area (Å²) in [5, 5.41) is 20.7. The third-order valence-corrected chi connectivity index (χ3v) is 3.38. The normalized spacial score (nSPS) is 15.3. The van der Waals surface area contributed by atoms with E-state index < -0.39 is 0 Å². The average molecular weight is 245 g/mol. The Hall–Kier alpha value is -0.810. The van der Waals surface area contributed by atoms with Gasteiger partial charge in [-0.15, -0.1) is 0 Å². The smallest absolute Gasteiger partial charge is 0.144 e. The lowest BCUT2D eigenvalue weighted by molar-refractivity contribution is 0.156. The summed E-state index contributed by atoms with van der Waals surface area (Å²) in [7, 11) is 2.01. The Labute approximate surface area is 104 Å². The lowest BCUT2D eigenvalue weighted by atomic mass is 9.86. The van der Waals surface area contributed by atoms with Gasteiger partial charge in [-0.3, -0.25) is 0 Å². The van der Waals surface area contributed by atoms with Gasteiger partial charge in [0.15, 0.2) is 0 Å². The molecule has 0 rings (SSSR count). The molecule has 4 N–H and O–H groups in total. The fraction of sp³-hybridized carbons (Fsp3) is 0.917. The first-order valence-corrected chi connectivity index (χ1v) is 6.14. The molecule has 0 bridgehead atoms. The Balaban J connectivity index is 3.86. The SMILES string of the molecule is CC(CO)N(C)CCCCC(C)(C)C(N)=NO. The van der Waals surface area contributed by atoms with Gasteiger partial charge in [0.2, 0.25) is 0 Å². The predicted molar refractivity (Wildman–Crippen MR) is 70.2 cm³/mol. The third-order valence-electron chi connectivity index (χ3n) is 3.38. The number of oxime groups is 1. The van der Waals surface area contributed by atoms with Crippen LogP contribution in [0.2, 0.25) is 0 Å². The van der Waals surface area contributed by atoms with Crippen LogP contribution in [0.4, 0.5) is 0 Å². The predicted octanol–water partition coefficient (Wildman–Crippen LogP) is 1.24. The zero-order valence-corrected chi connectivity index (χ0v) is 11.5. The van der Waals surface area contributed by atoms with Gasteiger partial charge in [-0.1, -0.05) is 25.4 Å². The van der Waals surface area contributed by atoms with E-state index in [2.05, 4.69) is 10.1 Å². The van der Waals surface area contributed by atoms with Crippen molar-refractivity contribution in [2.75, 3.05) is 20.2 Å². The first kappa shape index (κ1) is 16.2. The summed E-state index contributed by atoms with van der Waals surface area (Å²) in [6.45, 7) is 7.09. The number of likely N-dealkylation sites (N-methyl/N-ethyl adjacent to an activating group) is 1. The topological polar surface area (TPSA) is 82.1 Å². The second-order valence-electron chi connectivity index (χ2n) is 5.34. The van der Waals surface area contributed by atoms with Crippen LogP contribution in [-0.2, 0) is 0 Å². The van der Waals surface area contributed by atoms with Gasteiger partial charge in [-0.25, -0.2) is 0 Å². The van der Waals surface area contributed by atoms with E-state index in [4.69, 9.17) is 16.0 Å². The second-order valence-corrected chi connectivity index (χ2v) is 5.34. The summed E-state index contributed by atoms with van der Waals surface area (Å²) in [6, 6.07) is 0.201. The van der Waals surface area contributed by atoms with E-state index in [1.54, 1.807) is 0 Å². The van der Waals surface area contributed by atoms with Crippen molar-refractivity contribution in [1.82, 2.24) is 4.90 Å². The van der Waals surface area contributed by atoms with E-state index in [0.29, 0.717) is 0 Å². The van der Waals surface area contributed by atoms with Gasteiger partial charge in [0.05, 0.1) is 6.61 Å². The van der Waals surface area contributed by atoms with Crippen molar-refractivity contribution < 1.29 is 10.3 Å². The number of hydrogen-bond acceptors (Lipinski definition) is 4. The van der Waals surface area contributed by atoms with Crippen molar-refractivity contribution >= 4 is 5.84 Å². The highest BCUT2D eigenvalue weighted by molar-refractivity contribution is 5.85. The lowest BCUT2D eigenvalue weighted by Crippen LogP contribution is -2.34. The van der Waals surface area contributed by atoms with Crippen LogP contribution >= 0.6 is 0 Å². The molecule has 0 aliphatic rings. The van der Waals surface area contributed by atoms with Crippen LogP contribution in [0.1, 0.15) is 40.0 Å². The Morgan fingerprint density at radius 3 is 2.47 bits per heavy atom. The molecule has 102 valence electrons. The van der Waals surface area contributed by atoms with Gasteiger partial charge in [0.1, 0.15) is 5.84 Å². The molecule has 0 aromatic carbocycles. The molecule has 0 spiro atoms. The largest absolute Gasteiger partial charge is 0.409 e. The number of aliphatic hydroxyl groups excluding tert-OH is 1. The van der Waals surface area contributed by atoms with E-state index in [-0.39, 0.29) is 23.9 Å². The highest BCUT2D eigenvalue weighted by Gasteiger charge is 2.22. The van der Waals surface area contributed by atoms with Gasteiger partial charge in [-0.05, 0) is 33.4 Å². The van der Waals surface area contributed by atoms with Gasteiger partial charge in [0.25, 0.3) is 0 Å². The molecule has 0 aliphatic carbocycles. The molecule has 0 amide bonds. The molecule has 1 atom stereocenters. The van der Waals surface area contributed by atoms with Gasteiger partial charge in [0, 0.05) is 11.5 Å². The molecule has 5 nitrogen and oxygen atoms in total. The van der Waals surface area contributed by atoms with Crippen LogP contribution in [0.15, 0.2) is 5.16 Å². The molecular formula is C12H27N3O2. The Morgan fingerprint density at radius 1 is 1.41 bits per heavy atom. The Bertz CT molecular complexity index is 242. The Morgan fingerprint density at radius 2 is 2.00 bits per heavy atom. The minimum atomic E-state index is -0.254. The molecule has 0 saturated heterocycles. The highest BCUT2D eigenvalue weighted by Crippen LogP contribution is 2.23. The average Bonchev–Trinajstić information content (AvgIpc) is 2.31. The lowest BCUT2D eigenvalue weighted by Gasteiger charge is -2.25. The maximum Gasteiger partial charge on any atom is 0.144 e. The van der Waals surface area contributed by atoms with Crippen LogP contribution in [0.5, 0.6) is 0 Å². The van der Waals surface area contributed by atoms with Crippen LogP contribution in [0.25, 0.3) is 0 Å². The standard InChI is InChI=1S/C12H27N3O2/c1-10(9-16)15(4)8-6-5-7-12(2,3)11(13)14-17/h10,16-17H,5-9H2,1-4H3,(H2,13,14). The summed E-state index contributed by atoms with van der Waals surface area (Å²) >= 11 is 0. The van der Waals surface area contributed by atoms with Crippen molar-refractivity contribution in [2.45, 2.75) is 46.1 Å². The molecule has 5 heteroatoms. The zero-order chi connectivity index (χ0) is 13.5. The zero-order valence-electron chi connectivity index (χ0n) is 11.5. The van der Waals surface area contributed by atoms with E-state index in [9.17, 15) is 0 Å². The summed E-state index contributed by atoms with van der Waals surface area (Å²) in [5.41, 5.74) is 5.36.